The summed E-state index contributed by atoms with van der Waals surface area (Å²) in [6, 6.07) is 40.1. The third-order valence-corrected chi connectivity index (χ3v) is 6.80. The molecule has 1 fully saturated rings. The zero-order valence-electron chi connectivity index (χ0n) is 21.3. The molecule has 1 saturated heterocycles. The van der Waals surface area contributed by atoms with Crippen molar-refractivity contribution in [2.75, 3.05) is 6.61 Å². The highest BCUT2D eigenvalue weighted by atomic mass is 16.6. The van der Waals surface area contributed by atoms with E-state index in [1.54, 1.807) is 0 Å². The van der Waals surface area contributed by atoms with E-state index in [1.807, 2.05) is 121 Å². The van der Waals surface area contributed by atoms with E-state index in [0.29, 0.717) is 19.8 Å². The van der Waals surface area contributed by atoms with Gasteiger partial charge in [0.15, 0.2) is 0 Å². The van der Waals surface area contributed by atoms with Crippen LogP contribution in [0.4, 0.5) is 0 Å². The van der Waals surface area contributed by atoms with Crippen LogP contribution in [0, 0.1) is 0 Å². The van der Waals surface area contributed by atoms with Crippen molar-refractivity contribution in [3.63, 3.8) is 0 Å². The zero-order chi connectivity index (χ0) is 26.0. The zero-order valence-corrected chi connectivity index (χ0v) is 21.3. The smallest absolute Gasteiger partial charge is 0.117 e. The number of hydrogen-bond donors (Lipinski definition) is 1. The van der Waals surface area contributed by atoms with Crippen molar-refractivity contribution in [1.82, 2.24) is 0 Å². The number of benzene rings is 4. The second kappa shape index (κ2) is 13.5. The Labute approximate surface area is 224 Å². The molecule has 0 aromatic heterocycles. The minimum absolute atomic E-state index is 0.195. The standard InChI is InChI=1S/C33H34O5/c34-21-29-31(35-22-25-13-5-1-6-14-25)33(37-24-27-17-9-3-10-18-27)32(36-23-26-15-7-2-8-16-26)30(38-29)28-19-11-4-12-20-28/h1-20,29-34H,21-24H2. The second-order valence-electron chi connectivity index (χ2n) is 9.47. The first-order chi connectivity index (χ1) is 18.8. The van der Waals surface area contributed by atoms with Gasteiger partial charge in [0, 0.05) is 0 Å². The Morgan fingerprint density at radius 2 is 0.895 bits per heavy atom. The monoisotopic (exact) mass is 510 g/mol. The van der Waals surface area contributed by atoms with E-state index < -0.39 is 30.5 Å². The van der Waals surface area contributed by atoms with Crippen LogP contribution in [0.15, 0.2) is 121 Å². The Morgan fingerprint density at radius 3 is 1.34 bits per heavy atom. The molecule has 0 bridgehead atoms. The fourth-order valence-corrected chi connectivity index (χ4v) is 4.85. The van der Waals surface area contributed by atoms with Gasteiger partial charge in [0.2, 0.25) is 0 Å². The topological polar surface area (TPSA) is 57.2 Å². The van der Waals surface area contributed by atoms with Crippen LogP contribution < -0.4 is 0 Å². The van der Waals surface area contributed by atoms with Gasteiger partial charge in [-0.25, -0.2) is 0 Å². The van der Waals surface area contributed by atoms with Crippen molar-refractivity contribution in [3.05, 3.63) is 144 Å². The van der Waals surface area contributed by atoms with Crippen LogP contribution in [-0.2, 0) is 38.8 Å². The first kappa shape index (κ1) is 26.3. The third kappa shape index (κ3) is 6.76. The maximum absolute atomic E-state index is 10.4. The molecule has 5 rings (SSSR count). The van der Waals surface area contributed by atoms with Gasteiger partial charge in [-0.2, -0.15) is 0 Å². The van der Waals surface area contributed by atoms with Crippen LogP contribution in [-0.4, -0.2) is 36.1 Å². The summed E-state index contributed by atoms with van der Waals surface area (Å²) < 4.78 is 26.2. The quantitative estimate of drug-likeness (QED) is 0.273. The van der Waals surface area contributed by atoms with E-state index in [4.69, 9.17) is 18.9 Å². The largest absolute Gasteiger partial charge is 0.394 e. The number of hydrogen-bond acceptors (Lipinski definition) is 5. The average Bonchev–Trinajstić information content (AvgIpc) is 2.99. The van der Waals surface area contributed by atoms with Crippen LogP contribution in [0.25, 0.3) is 0 Å². The van der Waals surface area contributed by atoms with Gasteiger partial charge in [0.05, 0.1) is 26.4 Å². The van der Waals surface area contributed by atoms with Gasteiger partial charge in [-0.15, -0.1) is 0 Å². The lowest BCUT2D eigenvalue weighted by atomic mass is 9.90. The van der Waals surface area contributed by atoms with Crippen molar-refractivity contribution < 1.29 is 24.1 Å². The molecule has 1 heterocycles. The van der Waals surface area contributed by atoms with Crippen molar-refractivity contribution in [2.45, 2.75) is 50.3 Å². The Kier molecular flexibility index (Phi) is 9.32. The molecule has 38 heavy (non-hydrogen) atoms. The predicted octanol–water partition coefficient (Wildman–Crippen LogP) is 5.88. The van der Waals surface area contributed by atoms with Crippen molar-refractivity contribution in [1.29, 1.82) is 0 Å². The molecule has 0 radical (unpaired) electrons. The lowest BCUT2D eigenvalue weighted by molar-refractivity contribution is -0.272. The fraction of sp³-hybridized carbons (Fsp3) is 0.273. The van der Waals surface area contributed by atoms with Gasteiger partial charge < -0.3 is 24.1 Å². The third-order valence-electron chi connectivity index (χ3n) is 6.80. The molecule has 0 saturated carbocycles. The van der Waals surface area contributed by atoms with Gasteiger partial charge in [-0.05, 0) is 22.3 Å². The van der Waals surface area contributed by atoms with E-state index >= 15 is 0 Å². The van der Waals surface area contributed by atoms with Crippen LogP contribution in [0.1, 0.15) is 28.4 Å². The Hall–Kier alpha value is -3.32. The molecule has 0 amide bonds. The minimum Gasteiger partial charge on any atom is -0.394 e. The first-order valence-corrected chi connectivity index (χ1v) is 13.1. The summed E-state index contributed by atoms with van der Waals surface area (Å²) >= 11 is 0. The normalized spacial score (nSPS) is 23.2. The molecule has 1 N–H and O–H groups in total. The molecular formula is C33H34O5. The maximum atomic E-state index is 10.4. The highest BCUT2D eigenvalue weighted by molar-refractivity contribution is 5.22. The van der Waals surface area contributed by atoms with E-state index in [9.17, 15) is 5.11 Å². The van der Waals surface area contributed by atoms with Crippen LogP contribution in [0.5, 0.6) is 0 Å². The van der Waals surface area contributed by atoms with Crippen molar-refractivity contribution in [3.8, 4) is 0 Å². The van der Waals surface area contributed by atoms with Crippen molar-refractivity contribution in [2.24, 2.45) is 0 Å². The molecular weight excluding hydrogens is 476 g/mol. The average molecular weight is 511 g/mol. The molecule has 5 nitrogen and oxygen atoms in total. The fourth-order valence-electron chi connectivity index (χ4n) is 4.85. The summed E-state index contributed by atoms with van der Waals surface area (Å²) in [5.74, 6) is 0. The van der Waals surface area contributed by atoms with Gasteiger partial charge in [0.25, 0.3) is 0 Å². The SMILES string of the molecule is OCC1OC(c2ccccc2)C(OCc2ccccc2)C(OCc2ccccc2)C1OCc1ccccc1. The van der Waals surface area contributed by atoms with E-state index in [-0.39, 0.29) is 6.61 Å². The van der Waals surface area contributed by atoms with Crippen LogP contribution in [0.2, 0.25) is 0 Å². The maximum Gasteiger partial charge on any atom is 0.117 e. The Balaban J connectivity index is 1.46. The molecule has 4 aromatic carbocycles. The summed E-state index contributed by atoms with van der Waals surface area (Å²) in [7, 11) is 0. The van der Waals surface area contributed by atoms with Gasteiger partial charge >= 0.3 is 0 Å². The predicted molar refractivity (Wildman–Crippen MR) is 146 cm³/mol. The van der Waals surface area contributed by atoms with E-state index in [2.05, 4.69) is 0 Å². The molecule has 5 atom stereocenters. The minimum atomic E-state index is -0.582. The van der Waals surface area contributed by atoms with Gasteiger partial charge in [-0.3, -0.25) is 0 Å². The Morgan fingerprint density at radius 1 is 0.500 bits per heavy atom. The molecule has 5 unspecified atom stereocenters. The van der Waals surface area contributed by atoms with Crippen LogP contribution in [0.3, 0.4) is 0 Å². The molecule has 5 heteroatoms. The molecule has 196 valence electrons. The van der Waals surface area contributed by atoms with Crippen LogP contribution >= 0.6 is 0 Å². The van der Waals surface area contributed by atoms with E-state index in [1.165, 1.54) is 0 Å². The summed E-state index contributed by atoms with van der Waals surface area (Å²) in [6.07, 6.45) is -2.51. The Bertz CT molecular complexity index is 1200. The van der Waals surface area contributed by atoms with E-state index in [0.717, 1.165) is 22.3 Å². The number of ether oxygens (including phenoxy) is 4. The summed E-state index contributed by atoms with van der Waals surface area (Å²) in [6.45, 7) is 0.970. The molecule has 4 aromatic rings. The lowest BCUT2D eigenvalue weighted by Gasteiger charge is -2.46. The number of aliphatic hydroxyl groups excluding tert-OH is 1. The first-order valence-electron chi connectivity index (χ1n) is 13.1. The lowest BCUT2D eigenvalue weighted by Crippen LogP contribution is -2.58. The summed E-state index contributed by atoms with van der Waals surface area (Å²) in [5.41, 5.74) is 4.13. The van der Waals surface area contributed by atoms with Crippen molar-refractivity contribution >= 4 is 0 Å². The molecule has 0 aliphatic carbocycles. The summed E-state index contributed by atoms with van der Waals surface area (Å²) in [4.78, 5) is 0. The number of rotatable bonds is 11. The van der Waals surface area contributed by atoms with Gasteiger partial charge in [-0.1, -0.05) is 121 Å². The van der Waals surface area contributed by atoms with Gasteiger partial charge in [0.1, 0.15) is 30.5 Å². The highest BCUT2D eigenvalue weighted by Crippen LogP contribution is 2.38. The molecule has 1 aliphatic rings. The summed E-state index contributed by atoms with van der Waals surface area (Å²) in [5, 5.41) is 10.4. The molecule has 1 aliphatic heterocycles. The number of aliphatic hydroxyl groups is 1. The second-order valence-corrected chi connectivity index (χ2v) is 9.47. The molecule has 0 spiro atoms. The highest BCUT2D eigenvalue weighted by Gasteiger charge is 2.48.